The molecule has 0 aromatic heterocycles. The van der Waals surface area contributed by atoms with Gasteiger partial charge in [0, 0.05) is 31.1 Å². The summed E-state index contributed by atoms with van der Waals surface area (Å²) in [4.78, 5) is 5.26. The van der Waals surface area contributed by atoms with Crippen molar-refractivity contribution < 1.29 is 4.58 Å². The molecule has 1 unspecified atom stereocenters. The predicted octanol–water partition coefficient (Wildman–Crippen LogP) is 4.86. The highest BCUT2D eigenvalue weighted by Crippen LogP contribution is 2.36. The zero-order chi connectivity index (χ0) is 18.8. The third kappa shape index (κ3) is 3.34. The highest BCUT2D eigenvalue weighted by atomic mass is 15.4. The van der Waals surface area contributed by atoms with Crippen LogP contribution in [0, 0.1) is 0 Å². The van der Waals surface area contributed by atoms with E-state index in [1.165, 1.54) is 61.9 Å². The summed E-state index contributed by atoms with van der Waals surface area (Å²) < 4.78 is 2.68. The average molecular weight is 373 g/mol. The van der Waals surface area contributed by atoms with Gasteiger partial charge in [0.2, 0.25) is 5.84 Å². The number of hydrogen-bond acceptors (Lipinski definition) is 2. The molecule has 0 bridgehead atoms. The van der Waals surface area contributed by atoms with E-state index in [2.05, 4.69) is 81.2 Å². The minimum atomic E-state index is 0.289. The van der Waals surface area contributed by atoms with Gasteiger partial charge < -0.3 is 4.90 Å². The maximum Gasteiger partial charge on any atom is 0.248 e. The van der Waals surface area contributed by atoms with Crippen LogP contribution in [0.1, 0.15) is 55.0 Å². The lowest BCUT2D eigenvalue weighted by molar-refractivity contribution is -0.540. The number of hydrogen-bond donors (Lipinski definition) is 0. The summed E-state index contributed by atoms with van der Waals surface area (Å²) in [5.41, 5.74) is 4.18. The Balaban J connectivity index is 1.55. The Hall–Kier alpha value is -2.55. The van der Waals surface area contributed by atoms with Gasteiger partial charge in [-0.2, -0.15) is 0 Å². The van der Waals surface area contributed by atoms with Crippen LogP contribution in [0.25, 0.3) is 6.08 Å². The quantitative estimate of drug-likeness (QED) is 0.712. The Labute approximate surface area is 168 Å². The first-order valence-corrected chi connectivity index (χ1v) is 10.8. The fraction of sp³-hybridized carbons (Fsp3) is 0.400. The van der Waals surface area contributed by atoms with Gasteiger partial charge in [-0.15, -0.1) is 0 Å². The molecule has 0 fully saturated rings. The van der Waals surface area contributed by atoms with Crippen LogP contribution in [0.4, 0.5) is 0 Å². The van der Waals surface area contributed by atoms with Crippen LogP contribution in [-0.2, 0) is 6.54 Å². The van der Waals surface area contributed by atoms with Crippen molar-refractivity contribution in [2.24, 2.45) is 0 Å². The molecule has 3 aliphatic rings. The second-order valence-electron chi connectivity index (χ2n) is 8.24. The van der Waals surface area contributed by atoms with Gasteiger partial charge in [-0.3, -0.25) is 4.58 Å². The highest BCUT2D eigenvalue weighted by molar-refractivity contribution is 5.79. The summed E-state index contributed by atoms with van der Waals surface area (Å²) in [7, 11) is 0. The van der Waals surface area contributed by atoms with E-state index in [1.54, 1.807) is 5.84 Å². The van der Waals surface area contributed by atoms with Crippen molar-refractivity contribution in [3.8, 4) is 0 Å². The molecule has 3 aliphatic heterocycles. The third-order valence-corrected chi connectivity index (χ3v) is 6.39. The molecule has 3 heterocycles. The topological polar surface area (TPSA) is 9.49 Å². The monoisotopic (exact) mass is 372 g/mol. The Bertz CT molecular complexity index is 884. The van der Waals surface area contributed by atoms with Crippen molar-refractivity contribution in [1.82, 2.24) is 9.80 Å². The average Bonchev–Trinajstić information content (AvgIpc) is 3.00. The van der Waals surface area contributed by atoms with E-state index >= 15 is 0 Å². The van der Waals surface area contributed by atoms with Crippen molar-refractivity contribution in [3.63, 3.8) is 0 Å². The number of fused-ring (bicyclic) bond motifs is 1. The first-order chi connectivity index (χ1) is 13.9. The summed E-state index contributed by atoms with van der Waals surface area (Å²) in [5, 5.41) is 0. The molecule has 0 spiro atoms. The van der Waals surface area contributed by atoms with Gasteiger partial charge in [0.15, 0.2) is 6.17 Å². The molecule has 0 aliphatic carbocycles. The minimum absolute atomic E-state index is 0.289. The zero-order valence-corrected chi connectivity index (χ0v) is 16.6. The predicted molar refractivity (Wildman–Crippen MR) is 115 cm³/mol. The molecular weight excluding hydrogens is 342 g/mol. The van der Waals surface area contributed by atoms with E-state index < -0.39 is 0 Å². The molecule has 5 rings (SSSR count). The van der Waals surface area contributed by atoms with Gasteiger partial charge in [-0.25, -0.2) is 4.90 Å². The second kappa shape index (κ2) is 7.83. The lowest BCUT2D eigenvalue weighted by Crippen LogP contribution is -2.50. The maximum absolute atomic E-state index is 2.72. The summed E-state index contributed by atoms with van der Waals surface area (Å²) in [5.74, 6) is 1.58. The third-order valence-electron chi connectivity index (χ3n) is 6.39. The van der Waals surface area contributed by atoms with Crippen molar-refractivity contribution in [3.05, 3.63) is 77.5 Å². The standard InChI is InChI=1S/C25H30N3/c1-3-10-21(11-4-1)20-27-19-15-22-12-6-7-13-23(22)25(27)28-18-9-17-26-16-8-2-5-14-24(26)28/h1,3-4,6-7,10-13,15,19,25H,2,5,8-9,14,16-18,20H2/q+1. The molecule has 0 radical (unpaired) electrons. The van der Waals surface area contributed by atoms with Crippen molar-refractivity contribution >= 4 is 11.9 Å². The van der Waals surface area contributed by atoms with Crippen LogP contribution in [0.15, 0.2) is 60.8 Å². The van der Waals surface area contributed by atoms with Crippen LogP contribution < -0.4 is 0 Å². The number of benzene rings is 2. The van der Waals surface area contributed by atoms with Crippen LogP contribution in [0.2, 0.25) is 0 Å². The fourth-order valence-corrected chi connectivity index (χ4v) is 5.05. The lowest BCUT2D eigenvalue weighted by atomic mass is 9.98. The summed E-state index contributed by atoms with van der Waals surface area (Å²) in [6, 6.07) is 19.8. The molecular formula is C25H30N3+. The summed E-state index contributed by atoms with van der Waals surface area (Å²) in [6.07, 6.45) is 11.4. The number of amidine groups is 1. The number of nitrogens with zero attached hydrogens (tertiary/aromatic N) is 3. The molecule has 1 atom stereocenters. The Morgan fingerprint density at radius 2 is 1.68 bits per heavy atom. The fourth-order valence-electron chi connectivity index (χ4n) is 5.05. The summed E-state index contributed by atoms with van der Waals surface area (Å²) in [6.45, 7) is 4.56. The van der Waals surface area contributed by atoms with Crippen LogP contribution >= 0.6 is 0 Å². The van der Waals surface area contributed by atoms with Gasteiger partial charge in [0.25, 0.3) is 0 Å². The van der Waals surface area contributed by atoms with Crippen LogP contribution in [-0.4, -0.2) is 39.8 Å². The van der Waals surface area contributed by atoms with E-state index in [9.17, 15) is 0 Å². The van der Waals surface area contributed by atoms with Crippen molar-refractivity contribution in [1.29, 1.82) is 0 Å². The van der Waals surface area contributed by atoms with E-state index in [1.807, 2.05) is 0 Å². The van der Waals surface area contributed by atoms with Crippen molar-refractivity contribution in [2.75, 3.05) is 19.6 Å². The first kappa shape index (κ1) is 17.5. The normalized spacial score (nSPS) is 21.9. The molecule has 0 amide bonds. The zero-order valence-electron chi connectivity index (χ0n) is 16.6. The van der Waals surface area contributed by atoms with Gasteiger partial charge in [-0.1, -0.05) is 54.6 Å². The molecule has 0 saturated heterocycles. The Kier molecular flexibility index (Phi) is 4.90. The maximum atomic E-state index is 2.72. The largest absolute Gasteiger partial charge is 0.332 e. The number of rotatable bonds is 3. The lowest BCUT2D eigenvalue weighted by Gasteiger charge is -2.41. The van der Waals surface area contributed by atoms with Crippen molar-refractivity contribution in [2.45, 2.75) is 44.8 Å². The first-order valence-electron chi connectivity index (χ1n) is 10.8. The smallest absolute Gasteiger partial charge is 0.248 e. The minimum Gasteiger partial charge on any atom is -0.332 e. The van der Waals surface area contributed by atoms with Crippen LogP contribution in [0.5, 0.6) is 0 Å². The SMILES string of the molecule is C1=CN(Cc2ccccc2)C(N2CCC[N+]3=C2CCCCC3)c2ccccc21. The highest BCUT2D eigenvalue weighted by Gasteiger charge is 2.39. The molecule has 3 nitrogen and oxygen atoms in total. The van der Waals surface area contributed by atoms with Gasteiger partial charge >= 0.3 is 0 Å². The van der Waals surface area contributed by atoms with Gasteiger partial charge in [0.05, 0.1) is 19.6 Å². The second-order valence-corrected chi connectivity index (χ2v) is 8.24. The Morgan fingerprint density at radius 1 is 0.857 bits per heavy atom. The summed E-state index contributed by atoms with van der Waals surface area (Å²) >= 11 is 0. The van der Waals surface area contributed by atoms with E-state index in [0.717, 1.165) is 13.1 Å². The Morgan fingerprint density at radius 3 is 2.61 bits per heavy atom. The van der Waals surface area contributed by atoms with E-state index in [-0.39, 0.29) is 6.17 Å². The van der Waals surface area contributed by atoms with Crippen LogP contribution in [0.3, 0.4) is 0 Å². The molecule has 144 valence electrons. The van der Waals surface area contributed by atoms with E-state index in [4.69, 9.17) is 0 Å². The molecule has 3 heteroatoms. The van der Waals surface area contributed by atoms with Gasteiger partial charge in [0.1, 0.15) is 0 Å². The van der Waals surface area contributed by atoms with E-state index in [0.29, 0.717) is 0 Å². The molecule has 0 saturated carbocycles. The molecule has 2 aromatic rings. The molecule has 0 N–H and O–H groups in total. The molecule has 28 heavy (non-hydrogen) atoms. The van der Waals surface area contributed by atoms with Gasteiger partial charge in [-0.05, 0) is 36.5 Å². The molecule has 2 aromatic carbocycles.